The average Bonchev–Trinajstić information content (AvgIpc) is 2.40. The van der Waals surface area contributed by atoms with Gasteiger partial charge in [-0.3, -0.25) is 4.79 Å². The molecule has 1 aliphatic rings. The van der Waals surface area contributed by atoms with Gasteiger partial charge >= 0.3 is 0 Å². The summed E-state index contributed by atoms with van der Waals surface area (Å²) < 4.78 is 0. The van der Waals surface area contributed by atoms with Crippen LogP contribution in [0, 0.1) is 0 Å². The lowest BCUT2D eigenvalue weighted by Crippen LogP contribution is -2.12. The van der Waals surface area contributed by atoms with Crippen molar-refractivity contribution < 1.29 is 4.79 Å². The maximum Gasteiger partial charge on any atom is 0.228 e. The smallest absolute Gasteiger partial charge is 0.228 e. The largest absolute Gasteiger partial charge is 0.326 e. The Kier molecular flexibility index (Phi) is 4.56. The number of rotatable bonds is 4. The van der Waals surface area contributed by atoms with E-state index >= 15 is 0 Å². The van der Waals surface area contributed by atoms with E-state index in [0.717, 1.165) is 24.1 Å². The van der Waals surface area contributed by atoms with Gasteiger partial charge in [-0.05, 0) is 42.0 Å². The highest BCUT2D eigenvalue weighted by Crippen LogP contribution is 2.19. The SMILES string of the molecule is CC(C)c1cccc(NC(=O)CC2=CCCC=C2)c1. The van der Waals surface area contributed by atoms with Gasteiger partial charge in [-0.25, -0.2) is 0 Å². The standard InChI is InChI=1S/C17H21NO/c1-13(2)15-9-6-10-16(12-15)18-17(19)11-14-7-4-3-5-8-14/h4,6-10,12-13H,3,5,11H2,1-2H3,(H,18,19). The summed E-state index contributed by atoms with van der Waals surface area (Å²) in [5.74, 6) is 0.527. The van der Waals surface area contributed by atoms with Crippen LogP contribution in [-0.2, 0) is 4.79 Å². The summed E-state index contributed by atoms with van der Waals surface area (Å²) >= 11 is 0. The van der Waals surface area contributed by atoms with Crippen molar-refractivity contribution in [3.05, 3.63) is 53.6 Å². The topological polar surface area (TPSA) is 29.1 Å². The first-order valence-electron chi connectivity index (χ1n) is 6.90. The summed E-state index contributed by atoms with van der Waals surface area (Å²) in [4.78, 5) is 12.0. The van der Waals surface area contributed by atoms with Gasteiger partial charge in [-0.1, -0.05) is 44.2 Å². The van der Waals surface area contributed by atoms with Crippen molar-refractivity contribution >= 4 is 11.6 Å². The van der Waals surface area contributed by atoms with Crippen LogP contribution in [-0.4, -0.2) is 5.91 Å². The zero-order valence-corrected chi connectivity index (χ0v) is 11.6. The number of carbonyl (C=O) groups is 1. The fraction of sp³-hybridized carbons (Fsp3) is 0.353. The van der Waals surface area contributed by atoms with Crippen molar-refractivity contribution in [3.8, 4) is 0 Å². The molecule has 2 heteroatoms. The van der Waals surface area contributed by atoms with Crippen molar-refractivity contribution in [1.82, 2.24) is 0 Å². The average molecular weight is 255 g/mol. The summed E-state index contributed by atoms with van der Waals surface area (Å²) in [6.07, 6.45) is 8.91. The molecular formula is C17H21NO. The van der Waals surface area contributed by atoms with Gasteiger partial charge in [0.15, 0.2) is 0 Å². The number of nitrogens with one attached hydrogen (secondary N) is 1. The van der Waals surface area contributed by atoms with E-state index in [1.165, 1.54) is 5.56 Å². The molecule has 19 heavy (non-hydrogen) atoms. The summed E-state index contributed by atoms with van der Waals surface area (Å²) in [6.45, 7) is 4.30. The third-order valence-electron chi connectivity index (χ3n) is 3.27. The Morgan fingerprint density at radius 3 is 2.84 bits per heavy atom. The monoisotopic (exact) mass is 255 g/mol. The quantitative estimate of drug-likeness (QED) is 0.848. The third kappa shape index (κ3) is 4.09. The van der Waals surface area contributed by atoms with Crippen LogP contribution in [0.3, 0.4) is 0 Å². The number of benzene rings is 1. The van der Waals surface area contributed by atoms with Crippen molar-refractivity contribution in [2.75, 3.05) is 5.32 Å². The van der Waals surface area contributed by atoms with Crippen LogP contribution in [0.4, 0.5) is 5.69 Å². The lowest BCUT2D eigenvalue weighted by molar-refractivity contribution is -0.115. The molecule has 0 unspecified atom stereocenters. The number of carbonyl (C=O) groups excluding carboxylic acids is 1. The molecule has 0 radical (unpaired) electrons. The minimum Gasteiger partial charge on any atom is -0.326 e. The van der Waals surface area contributed by atoms with Gasteiger partial charge in [0.25, 0.3) is 0 Å². The van der Waals surface area contributed by atoms with Crippen LogP contribution in [0.5, 0.6) is 0 Å². The van der Waals surface area contributed by atoms with Crippen LogP contribution in [0.25, 0.3) is 0 Å². The van der Waals surface area contributed by atoms with Crippen molar-refractivity contribution in [2.24, 2.45) is 0 Å². The van der Waals surface area contributed by atoms with Gasteiger partial charge in [0, 0.05) is 5.69 Å². The fourth-order valence-electron chi connectivity index (χ4n) is 2.16. The van der Waals surface area contributed by atoms with Crippen molar-refractivity contribution in [3.63, 3.8) is 0 Å². The van der Waals surface area contributed by atoms with Crippen LogP contribution in [0.1, 0.15) is 44.6 Å². The first-order valence-corrected chi connectivity index (χ1v) is 6.90. The lowest BCUT2D eigenvalue weighted by atomic mass is 10.0. The predicted octanol–water partition coefficient (Wildman–Crippen LogP) is 4.42. The maximum atomic E-state index is 12.0. The molecule has 1 aliphatic carbocycles. The van der Waals surface area contributed by atoms with Crippen LogP contribution in [0.15, 0.2) is 48.1 Å². The van der Waals surface area contributed by atoms with E-state index in [1.54, 1.807) is 0 Å². The van der Waals surface area contributed by atoms with E-state index in [4.69, 9.17) is 0 Å². The molecule has 0 saturated heterocycles. The summed E-state index contributed by atoms with van der Waals surface area (Å²) in [7, 11) is 0. The highest BCUT2D eigenvalue weighted by atomic mass is 16.1. The van der Waals surface area contributed by atoms with Crippen LogP contribution >= 0.6 is 0 Å². The maximum absolute atomic E-state index is 12.0. The van der Waals surface area contributed by atoms with Crippen molar-refractivity contribution in [1.29, 1.82) is 0 Å². The van der Waals surface area contributed by atoms with Gasteiger partial charge < -0.3 is 5.32 Å². The van der Waals surface area contributed by atoms with E-state index in [1.807, 2.05) is 24.3 Å². The molecule has 1 aromatic rings. The molecule has 1 aromatic carbocycles. The summed E-state index contributed by atoms with van der Waals surface area (Å²) in [5.41, 5.74) is 3.25. The summed E-state index contributed by atoms with van der Waals surface area (Å²) in [5, 5.41) is 2.97. The highest BCUT2D eigenvalue weighted by Gasteiger charge is 2.07. The van der Waals surface area contributed by atoms with Gasteiger partial charge in [0.2, 0.25) is 5.91 Å². The normalized spacial score (nSPS) is 14.4. The van der Waals surface area contributed by atoms with Gasteiger partial charge in [0.05, 0.1) is 6.42 Å². The van der Waals surface area contributed by atoms with Gasteiger partial charge in [-0.15, -0.1) is 0 Å². The Morgan fingerprint density at radius 1 is 1.32 bits per heavy atom. The van der Waals surface area contributed by atoms with E-state index in [-0.39, 0.29) is 5.91 Å². The zero-order valence-electron chi connectivity index (χ0n) is 11.6. The molecule has 0 aromatic heterocycles. The molecule has 0 fully saturated rings. The molecule has 0 saturated carbocycles. The van der Waals surface area contributed by atoms with E-state index in [2.05, 4.69) is 37.4 Å². The Hall–Kier alpha value is -1.83. The molecule has 100 valence electrons. The Bertz CT molecular complexity index is 512. The molecule has 2 rings (SSSR count). The van der Waals surface area contributed by atoms with Crippen molar-refractivity contribution in [2.45, 2.75) is 39.0 Å². The number of anilines is 1. The number of amides is 1. The lowest BCUT2D eigenvalue weighted by Gasteiger charge is -2.10. The Balaban J connectivity index is 1.97. The zero-order chi connectivity index (χ0) is 13.7. The Labute approximate surface area is 115 Å². The minimum absolute atomic E-state index is 0.0544. The van der Waals surface area contributed by atoms with E-state index in [0.29, 0.717) is 12.3 Å². The highest BCUT2D eigenvalue weighted by molar-refractivity contribution is 5.92. The predicted molar refractivity (Wildman–Crippen MR) is 80.2 cm³/mol. The first-order chi connectivity index (χ1) is 9.15. The van der Waals surface area contributed by atoms with E-state index < -0.39 is 0 Å². The molecule has 0 bridgehead atoms. The second kappa shape index (κ2) is 6.37. The summed E-state index contributed by atoms with van der Waals surface area (Å²) in [6, 6.07) is 8.07. The molecule has 0 spiro atoms. The molecule has 1 N–H and O–H groups in total. The Morgan fingerprint density at radius 2 is 2.16 bits per heavy atom. The minimum atomic E-state index is 0.0544. The van der Waals surface area contributed by atoms with Crippen LogP contribution in [0.2, 0.25) is 0 Å². The van der Waals surface area contributed by atoms with Gasteiger partial charge in [-0.2, -0.15) is 0 Å². The molecule has 1 amide bonds. The first kappa shape index (κ1) is 13.6. The van der Waals surface area contributed by atoms with E-state index in [9.17, 15) is 4.79 Å². The molecule has 0 aliphatic heterocycles. The second-order valence-electron chi connectivity index (χ2n) is 5.26. The number of hydrogen-bond donors (Lipinski definition) is 1. The number of hydrogen-bond acceptors (Lipinski definition) is 1. The third-order valence-corrected chi connectivity index (χ3v) is 3.27. The molecule has 0 heterocycles. The van der Waals surface area contributed by atoms with Gasteiger partial charge in [0.1, 0.15) is 0 Å². The molecule has 0 atom stereocenters. The van der Waals surface area contributed by atoms with Crippen LogP contribution < -0.4 is 5.32 Å². The molecular weight excluding hydrogens is 234 g/mol. The molecule has 2 nitrogen and oxygen atoms in total. The second-order valence-corrected chi connectivity index (χ2v) is 5.26. The fourth-order valence-corrected chi connectivity index (χ4v) is 2.16. The number of allylic oxidation sites excluding steroid dienone is 3.